The molecule has 6 nitrogen and oxygen atoms in total. The number of para-hydroxylation sites is 2. The van der Waals surface area contributed by atoms with Gasteiger partial charge in [-0.15, -0.1) is 5.11 Å². The van der Waals surface area contributed by atoms with Crippen LogP contribution in [-0.2, 0) is 0 Å². The lowest BCUT2D eigenvalue weighted by Crippen LogP contribution is -2.23. The molecule has 0 radical (unpaired) electrons. The minimum atomic E-state index is -0.616. The largest absolute Gasteiger partial charge is 0.492 e. The van der Waals surface area contributed by atoms with Gasteiger partial charge in [0, 0.05) is 5.02 Å². The Balaban J connectivity index is 2.02. The molecule has 0 spiro atoms. The second-order valence-electron chi connectivity index (χ2n) is 6.39. The van der Waals surface area contributed by atoms with E-state index in [1.54, 1.807) is 72.8 Å². The molecule has 4 rings (SSSR count). The van der Waals surface area contributed by atoms with Crippen molar-refractivity contribution in [2.45, 2.75) is 0 Å². The first kappa shape index (κ1) is 21.0. The smallest absolute Gasteiger partial charge is 0.290 e. The van der Waals surface area contributed by atoms with Crippen LogP contribution in [-0.4, -0.2) is 14.2 Å². The predicted molar refractivity (Wildman–Crippen MR) is 125 cm³/mol. The van der Waals surface area contributed by atoms with E-state index < -0.39 is 11.4 Å². The molecule has 1 aromatic heterocycles. The summed E-state index contributed by atoms with van der Waals surface area (Å²) in [7, 11) is 0. The quantitative estimate of drug-likeness (QED) is 0.264. The highest BCUT2D eigenvalue weighted by Gasteiger charge is 2.20. The molecule has 9 heteroatoms. The first-order chi connectivity index (χ1) is 15.0. The molecule has 31 heavy (non-hydrogen) atoms. The van der Waals surface area contributed by atoms with Crippen LogP contribution in [0, 0.1) is 4.77 Å². The lowest BCUT2D eigenvalue weighted by atomic mass is 10.3. The van der Waals surface area contributed by atoms with E-state index in [1.165, 1.54) is 9.13 Å². The van der Waals surface area contributed by atoms with Gasteiger partial charge >= 0.3 is 0 Å². The van der Waals surface area contributed by atoms with Crippen molar-refractivity contribution in [3.05, 3.63) is 104 Å². The molecule has 0 aliphatic carbocycles. The van der Waals surface area contributed by atoms with Gasteiger partial charge in [0.25, 0.3) is 5.56 Å². The molecule has 0 atom stereocenters. The third-order valence-electron chi connectivity index (χ3n) is 4.41. The van der Waals surface area contributed by atoms with Crippen LogP contribution >= 0.6 is 35.4 Å². The predicted octanol–water partition coefficient (Wildman–Crippen LogP) is 6.79. The summed E-state index contributed by atoms with van der Waals surface area (Å²) in [6.07, 6.45) is 0. The number of aromatic hydroxyl groups is 1. The molecule has 1 heterocycles. The van der Waals surface area contributed by atoms with Crippen LogP contribution in [0.15, 0.2) is 93.9 Å². The van der Waals surface area contributed by atoms with Gasteiger partial charge in [0.05, 0.1) is 22.1 Å². The van der Waals surface area contributed by atoms with Crippen molar-refractivity contribution >= 4 is 46.8 Å². The highest BCUT2D eigenvalue weighted by atomic mass is 35.5. The second kappa shape index (κ2) is 8.85. The Bertz CT molecular complexity index is 1400. The van der Waals surface area contributed by atoms with E-state index in [-0.39, 0.29) is 10.5 Å². The lowest BCUT2D eigenvalue weighted by Gasteiger charge is -2.16. The molecule has 0 bridgehead atoms. The van der Waals surface area contributed by atoms with Gasteiger partial charge in [-0.1, -0.05) is 53.5 Å². The first-order valence-corrected chi connectivity index (χ1v) is 10.2. The van der Waals surface area contributed by atoms with Crippen molar-refractivity contribution in [1.82, 2.24) is 9.13 Å². The summed E-state index contributed by atoms with van der Waals surface area (Å²) in [5, 5.41) is 20.0. The highest BCUT2D eigenvalue weighted by Crippen LogP contribution is 2.31. The molecule has 0 fully saturated rings. The Morgan fingerprint density at radius 2 is 1.45 bits per heavy atom. The topological polar surface area (TPSA) is 71.9 Å². The number of hydrogen-bond acceptors (Lipinski definition) is 5. The number of rotatable bonds is 4. The van der Waals surface area contributed by atoms with Crippen molar-refractivity contribution in [3.63, 3.8) is 0 Å². The standard InChI is InChI=1S/C22H14Cl2N4O2S/c23-14-10-12-15(13-11-14)25-26-19-20(29)27(16-6-2-1-3-7-16)22(31)28(21(19)30)18-9-5-4-8-17(18)24/h1-13,30H. The fourth-order valence-corrected chi connectivity index (χ4v) is 3.66. The number of aromatic nitrogens is 2. The molecule has 0 amide bonds. The third-order valence-corrected chi connectivity index (χ3v) is 5.35. The van der Waals surface area contributed by atoms with E-state index in [1.807, 2.05) is 6.07 Å². The number of nitrogens with zero attached hydrogens (tertiary/aromatic N) is 4. The van der Waals surface area contributed by atoms with E-state index in [4.69, 9.17) is 35.4 Å². The normalized spacial score (nSPS) is 11.2. The first-order valence-electron chi connectivity index (χ1n) is 9.06. The zero-order chi connectivity index (χ0) is 22.0. The summed E-state index contributed by atoms with van der Waals surface area (Å²) in [5.41, 5.74) is 0.476. The SMILES string of the molecule is O=c1c(N=Nc2ccc(Cl)cc2)c(O)n(-c2ccccc2Cl)c(=S)n1-c1ccccc1. The van der Waals surface area contributed by atoms with Crippen LogP contribution in [0.2, 0.25) is 10.0 Å². The zero-order valence-electron chi connectivity index (χ0n) is 15.8. The highest BCUT2D eigenvalue weighted by molar-refractivity contribution is 7.71. The second-order valence-corrected chi connectivity index (χ2v) is 7.60. The summed E-state index contributed by atoms with van der Waals surface area (Å²) >= 11 is 17.8. The maximum Gasteiger partial charge on any atom is 0.290 e. The van der Waals surface area contributed by atoms with Crippen LogP contribution in [0.1, 0.15) is 0 Å². The Labute approximate surface area is 192 Å². The molecule has 1 N–H and O–H groups in total. The summed E-state index contributed by atoms with van der Waals surface area (Å²) in [4.78, 5) is 13.3. The maximum atomic E-state index is 13.3. The number of benzene rings is 3. The fourth-order valence-electron chi connectivity index (χ4n) is 2.94. The van der Waals surface area contributed by atoms with E-state index in [9.17, 15) is 9.90 Å². The molecule has 0 aliphatic rings. The number of halogens is 2. The summed E-state index contributed by atoms with van der Waals surface area (Å²) in [6.45, 7) is 0. The summed E-state index contributed by atoms with van der Waals surface area (Å²) in [6, 6.07) is 22.2. The van der Waals surface area contributed by atoms with Gasteiger partial charge in [-0.3, -0.25) is 13.9 Å². The molecule has 0 saturated carbocycles. The molecule has 3 aromatic carbocycles. The van der Waals surface area contributed by atoms with Crippen molar-refractivity contribution in [2.24, 2.45) is 10.2 Å². The van der Waals surface area contributed by atoms with E-state index in [0.29, 0.717) is 27.1 Å². The van der Waals surface area contributed by atoms with Gasteiger partial charge in [-0.05, 0) is 60.7 Å². The maximum absolute atomic E-state index is 13.3. The van der Waals surface area contributed by atoms with Gasteiger partial charge in [0.1, 0.15) is 0 Å². The van der Waals surface area contributed by atoms with E-state index in [2.05, 4.69) is 10.2 Å². The van der Waals surface area contributed by atoms with Crippen molar-refractivity contribution in [3.8, 4) is 17.3 Å². The Kier molecular flexibility index (Phi) is 5.99. The van der Waals surface area contributed by atoms with Crippen molar-refractivity contribution in [1.29, 1.82) is 0 Å². The molecular formula is C22H14Cl2N4O2S. The molecule has 0 saturated heterocycles. The Hall–Kier alpha value is -3.26. The summed E-state index contributed by atoms with van der Waals surface area (Å²) < 4.78 is 2.60. The van der Waals surface area contributed by atoms with Crippen LogP contribution < -0.4 is 5.56 Å². The van der Waals surface area contributed by atoms with Crippen LogP contribution in [0.25, 0.3) is 11.4 Å². The molecule has 4 aromatic rings. The van der Waals surface area contributed by atoms with E-state index >= 15 is 0 Å². The number of hydrogen-bond donors (Lipinski definition) is 1. The van der Waals surface area contributed by atoms with Gasteiger partial charge < -0.3 is 5.11 Å². The molecule has 154 valence electrons. The molecular weight excluding hydrogens is 455 g/mol. The van der Waals surface area contributed by atoms with Gasteiger partial charge in [-0.25, -0.2) is 0 Å². The number of azo groups is 1. The average molecular weight is 469 g/mol. The monoisotopic (exact) mass is 468 g/mol. The average Bonchev–Trinajstić information content (AvgIpc) is 2.77. The minimum Gasteiger partial charge on any atom is -0.492 e. The van der Waals surface area contributed by atoms with Crippen molar-refractivity contribution in [2.75, 3.05) is 0 Å². The summed E-state index contributed by atoms with van der Waals surface area (Å²) in [5.74, 6) is -0.465. The van der Waals surface area contributed by atoms with Crippen LogP contribution in [0.3, 0.4) is 0 Å². The zero-order valence-corrected chi connectivity index (χ0v) is 18.1. The minimum absolute atomic E-state index is 0.0345. The Morgan fingerprint density at radius 3 is 2.13 bits per heavy atom. The third kappa shape index (κ3) is 4.16. The van der Waals surface area contributed by atoms with Gasteiger partial charge in [0.2, 0.25) is 11.6 Å². The van der Waals surface area contributed by atoms with Gasteiger partial charge in [0.15, 0.2) is 4.77 Å². The van der Waals surface area contributed by atoms with Crippen molar-refractivity contribution < 1.29 is 5.11 Å². The van der Waals surface area contributed by atoms with Crippen LogP contribution in [0.5, 0.6) is 5.88 Å². The fraction of sp³-hybridized carbons (Fsp3) is 0. The molecule has 0 unspecified atom stereocenters. The lowest BCUT2D eigenvalue weighted by molar-refractivity contribution is 0.432. The Morgan fingerprint density at radius 1 is 0.806 bits per heavy atom. The van der Waals surface area contributed by atoms with E-state index in [0.717, 1.165) is 0 Å². The van der Waals surface area contributed by atoms with Crippen LogP contribution in [0.4, 0.5) is 11.4 Å². The van der Waals surface area contributed by atoms with Gasteiger partial charge in [-0.2, -0.15) is 5.11 Å². The molecule has 0 aliphatic heterocycles.